The van der Waals surface area contributed by atoms with E-state index in [0.717, 1.165) is 25.0 Å². The first kappa shape index (κ1) is 23.8. The van der Waals surface area contributed by atoms with Gasteiger partial charge in [0.05, 0.1) is 18.8 Å². The highest BCUT2D eigenvalue weighted by molar-refractivity contribution is 6.09. The molecule has 0 heterocycles. The Balaban J connectivity index is 2.23. The van der Waals surface area contributed by atoms with E-state index in [2.05, 4.69) is 12.2 Å². The van der Waals surface area contributed by atoms with Crippen LogP contribution in [-0.4, -0.2) is 19.1 Å². The predicted octanol–water partition coefficient (Wildman–Crippen LogP) is 5.83. The number of hydrogen-bond donors (Lipinski definition) is 1. The molecule has 31 heavy (non-hydrogen) atoms. The molecule has 1 N–H and O–H groups in total. The lowest BCUT2D eigenvalue weighted by molar-refractivity contribution is -0.137. The van der Waals surface area contributed by atoms with E-state index in [1.165, 1.54) is 18.2 Å². The number of carbonyl (C=O) groups is 1. The molecule has 0 bridgehead atoms. The Bertz CT molecular complexity index is 979. The second kappa shape index (κ2) is 11.1. The lowest BCUT2D eigenvalue weighted by Crippen LogP contribution is -2.14. The van der Waals surface area contributed by atoms with Crippen LogP contribution in [0.1, 0.15) is 37.8 Å². The molecule has 0 aliphatic heterocycles. The summed E-state index contributed by atoms with van der Waals surface area (Å²) in [6.45, 7) is 4.81. The highest BCUT2D eigenvalue weighted by atomic mass is 19.4. The number of hydrogen-bond acceptors (Lipinski definition) is 4. The standard InChI is InChI=1S/C23H23F3N2O3/c1-3-5-11-31-20-10-9-16(13-21(20)30-4-2)12-17(15-27)22(29)28-19-8-6-7-18(14-19)23(24,25)26/h6-10,12-14H,3-5,11H2,1-2H3,(H,28,29). The van der Waals surface area contributed by atoms with Crippen molar-refractivity contribution >= 4 is 17.7 Å². The van der Waals surface area contributed by atoms with Gasteiger partial charge in [0, 0.05) is 5.69 Å². The fourth-order valence-electron chi connectivity index (χ4n) is 2.62. The normalized spacial score (nSPS) is 11.5. The van der Waals surface area contributed by atoms with Crippen molar-refractivity contribution in [3.63, 3.8) is 0 Å². The average Bonchev–Trinajstić information content (AvgIpc) is 2.73. The van der Waals surface area contributed by atoms with Gasteiger partial charge >= 0.3 is 6.18 Å². The van der Waals surface area contributed by atoms with E-state index >= 15 is 0 Å². The smallest absolute Gasteiger partial charge is 0.416 e. The van der Waals surface area contributed by atoms with Crippen LogP contribution >= 0.6 is 0 Å². The van der Waals surface area contributed by atoms with Gasteiger partial charge in [-0.3, -0.25) is 4.79 Å². The van der Waals surface area contributed by atoms with Crippen LogP contribution in [0.25, 0.3) is 6.08 Å². The van der Waals surface area contributed by atoms with Crippen LogP contribution < -0.4 is 14.8 Å². The summed E-state index contributed by atoms with van der Waals surface area (Å²) < 4.78 is 49.8. The monoisotopic (exact) mass is 432 g/mol. The second-order valence-electron chi connectivity index (χ2n) is 6.54. The van der Waals surface area contributed by atoms with Gasteiger partial charge in [0.2, 0.25) is 0 Å². The third-order valence-electron chi connectivity index (χ3n) is 4.15. The molecule has 0 aromatic heterocycles. The molecule has 0 aliphatic rings. The largest absolute Gasteiger partial charge is 0.490 e. The Hall–Kier alpha value is -3.47. The first-order valence-electron chi connectivity index (χ1n) is 9.78. The van der Waals surface area contributed by atoms with E-state index in [1.807, 2.05) is 6.92 Å². The van der Waals surface area contributed by atoms with Gasteiger partial charge in [-0.2, -0.15) is 18.4 Å². The maximum absolute atomic E-state index is 12.9. The van der Waals surface area contributed by atoms with Gasteiger partial charge in [0.25, 0.3) is 5.91 Å². The Morgan fingerprint density at radius 1 is 1.13 bits per heavy atom. The van der Waals surface area contributed by atoms with Gasteiger partial charge in [0.1, 0.15) is 11.6 Å². The number of alkyl halides is 3. The van der Waals surface area contributed by atoms with E-state index in [9.17, 15) is 23.2 Å². The first-order chi connectivity index (χ1) is 14.8. The Morgan fingerprint density at radius 3 is 2.55 bits per heavy atom. The molecule has 0 aliphatic carbocycles. The maximum Gasteiger partial charge on any atom is 0.416 e. The topological polar surface area (TPSA) is 71.3 Å². The third-order valence-corrected chi connectivity index (χ3v) is 4.15. The van der Waals surface area contributed by atoms with Gasteiger partial charge in [-0.25, -0.2) is 0 Å². The highest BCUT2D eigenvalue weighted by Crippen LogP contribution is 2.31. The van der Waals surface area contributed by atoms with Crippen molar-refractivity contribution < 1.29 is 27.4 Å². The molecule has 0 fully saturated rings. The molecule has 0 atom stereocenters. The summed E-state index contributed by atoms with van der Waals surface area (Å²) in [5, 5.41) is 11.7. The molecule has 2 rings (SSSR count). The van der Waals surface area contributed by atoms with Crippen LogP contribution in [-0.2, 0) is 11.0 Å². The number of nitrogens with one attached hydrogen (secondary N) is 1. The number of ether oxygens (including phenoxy) is 2. The molecule has 0 unspecified atom stereocenters. The fourth-order valence-corrected chi connectivity index (χ4v) is 2.62. The molecule has 8 heteroatoms. The van der Waals surface area contributed by atoms with Gasteiger partial charge in [-0.1, -0.05) is 25.5 Å². The first-order valence-corrected chi connectivity index (χ1v) is 9.78. The molecule has 1 amide bonds. The van der Waals surface area contributed by atoms with Crippen LogP contribution in [0, 0.1) is 11.3 Å². The van der Waals surface area contributed by atoms with E-state index in [1.54, 1.807) is 24.3 Å². The Kier molecular flexibility index (Phi) is 8.50. The summed E-state index contributed by atoms with van der Waals surface area (Å²) in [6, 6.07) is 11.0. The van der Waals surface area contributed by atoms with Crippen LogP contribution in [0.15, 0.2) is 48.0 Å². The van der Waals surface area contributed by atoms with Crippen LogP contribution in [0.3, 0.4) is 0 Å². The van der Waals surface area contributed by atoms with Crippen molar-refractivity contribution in [2.75, 3.05) is 18.5 Å². The van der Waals surface area contributed by atoms with Crippen LogP contribution in [0.2, 0.25) is 0 Å². The molecular weight excluding hydrogens is 409 g/mol. The average molecular weight is 432 g/mol. The Morgan fingerprint density at radius 2 is 1.90 bits per heavy atom. The summed E-state index contributed by atoms with van der Waals surface area (Å²) in [7, 11) is 0. The van der Waals surface area contributed by atoms with Gasteiger partial charge in [0.15, 0.2) is 11.5 Å². The van der Waals surface area contributed by atoms with E-state index in [-0.39, 0.29) is 11.3 Å². The van der Waals surface area contributed by atoms with E-state index in [4.69, 9.17) is 9.47 Å². The summed E-state index contributed by atoms with van der Waals surface area (Å²) in [4.78, 5) is 12.4. The predicted molar refractivity (Wildman–Crippen MR) is 112 cm³/mol. The number of rotatable bonds is 9. The van der Waals surface area contributed by atoms with Crippen molar-refractivity contribution in [3.05, 3.63) is 59.2 Å². The van der Waals surface area contributed by atoms with Crippen molar-refractivity contribution in [3.8, 4) is 17.6 Å². The minimum Gasteiger partial charge on any atom is -0.490 e. The Labute approximate surface area is 179 Å². The molecule has 2 aromatic carbocycles. The van der Waals surface area contributed by atoms with Crippen molar-refractivity contribution in [2.24, 2.45) is 0 Å². The molecule has 2 aromatic rings. The fraction of sp³-hybridized carbons (Fsp3) is 0.304. The molecule has 164 valence electrons. The summed E-state index contributed by atoms with van der Waals surface area (Å²) >= 11 is 0. The summed E-state index contributed by atoms with van der Waals surface area (Å²) in [5.74, 6) is 0.213. The van der Waals surface area contributed by atoms with Crippen molar-refractivity contribution in [2.45, 2.75) is 32.9 Å². The van der Waals surface area contributed by atoms with Crippen LogP contribution in [0.4, 0.5) is 18.9 Å². The SMILES string of the molecule is CCCCOc1ccc(C=C(C#N)C(=O)Nc2cccc(C(F)(F)F)c2)cc1OCC. The molecule has 0 radical (unpaired) electrons. The molecule has 0 spiro atoms. The third kappa shape index (κ3) is 7.07. The summed E-state index contributed by atoms with van der Waals surface area (Å²) in [6.07, 6.45) is -1.33. The maximum atomic E-state index is 12.9. The number of halogens is 3. The molecule has 0 saturated carbocycles. The van der Waals surface area contributed by atoms with Crippen molar-refractivity contribution in [1.29, 1.82) is 5.26 Å². The number of nitrogens with zero attached hydrogens (tertiary/aromatic N) is 1. The summed E-state index contributed by atoms with van der Waals surface area (Å²) in [5.41, 5.74) is -0.704. The molecular formula is C23H23F3N2O3. The number of benzene rings is 2. The van der Waals surface area contributed by atoms with Crippen LogP contribution in [0.5, 0.6) is 11.5 Å². The minimum atomic E-state index is -4.54. The van der Waals surface area contributed by atoms with Gasteiger partial charge in [-0.15, -0.1) is 0 Å². The van der Waals surface area contributed by atoms with Crippen molar-refractivity contribution in [1.82, 2.24) is 0 Å². The second-order valence-corrected chi connectivity index (χ2v) is 6.54. The number of nitriles is 1. The van der Waals surface area contributed by atoms with E-state index < -0.39 is 17.6 Å². The zero-order valence-corrected chi connectivity index (χ0v) is 17.3. The number of anilines is 1. The van der Waals surface area contributed by atoms with E-state index in [0.29, 0.717) is 30.3 Å². The van der Waals surface area contributed by atoms with Gasteiger partial charge in [-0.05, 0) is 55.3 Å². The quantitative estimate of drug-likeness (QED) is 0.308. The zero-order chi connectivity index (χ0) is 22.9. The molecule has 5 nitrogen and oxygen atoms in total. The lowest BCUT2D eigenvalue weighted by Gasteiger charge is -2.12. The highest BCUT2D eigenvalue weighted by Gasteiger charge is 2.30. The zero-order valence-electron chi connectivity index (χ0n) is 17.3. The lowest BCUT2D eigenvalue weighted by atomic mass is 10.1. The molecule has 0 saturated heterocycles. The number of carbonyl (C=O) groups excluding carboxylic acids is 1. The van der Waals surface area contributed by atoms with Gasteiger partial charge < -0.3 is 14.8 Å². The minimum absolute atomic E-state index is 0.0596. The number of unbranched alkanes of at least 4 members (excludes halogenated alkanes) is 1. The number of amides is 1.